The van der Waals surface area contributed by atoms with Crippen molar-refractivity contribution in [3.8, 4) is 0 Å². The molecule has 0 aromatic rings. The van der Waals surface area contributed by atoms with Crippen LogP contribution in [-0.4, -0.2) is 25.2 Å². The average Bonchev–Trinajstić information content (AvgIpc) is 1.68. The fourth-order valence-electron chi connectivity index (χ4n) is 0.756. The van der Waals surface area contributed by atoms with E-state index < -0.39 is 0 Å². The van der Waals surface area contributed by atoms with Crippen molar-refractivity contribution < 1.29 is 4.49 Å². The highest BCUT2D eigenvalue weighted by atomic mass is 14.9. The van der Waals surface area contributed by atoms with Gasteiger partial charge in [-0.2, -0.15) is 0 Å². The van der Waals surface area contributed by atoms with Crippen LogP contribution in [-0.2, 0) is 0 Å². The zero-order valence-corrected chi connectivity index (χ0v) is 6.15. The highest BCUT2D eigenvalue weighted by Crippen LogP contribution is 1.74. The summed E-state index contributed by atoms with van der Waals surface area (Å²) in [5.74, 6) is 0. The molecule has 0 rings (SSSR count). The van der Waals surface area contributed by atoms with Crippen molar-refractivity contribution in [1.29, 1.82) is 0 Å². The molecule has 0 fully saturated rings. The van der Waals surface area contributed by atoms with E-state index in [9.17, 15) is 0 Å². The molecule has 0 saturated carbocycles. The van der Waals surface area contributed by atoms with Gasteiger partial charge in [-0.15, -0.1) is 0 Å². The van der Waals surface area contributed by atoms with Crippen molar-refractivity contribution in [2.24, 2.45) is 0 Å². The second-order valence-electron chi connectivity index (χ2n) is 2.07. The van der Waals surface area contributed by atoms with Crippen LogP contribution in [0.4, 0.5) is 0 Å². The van der Waals surface area contributed by atoms with Crippen LogP contribution in [0.2, 0.25) is 0 Å². The lowest BCUT2D eigenvalue weighted by Gasteiger charge is -1.91. The van der Waals surface area contributed by atoms with E-state index in [-0.39, 0.29) is 0 Å². The van der Waals surface area contributed by atoms with E-state index >= 15 is 0 Å². The second-order valence-corrected chi connectivity index (χ2v) is 2.07. The van der Waals surface area contributed by atoms with E-state index in [1.54, 1.807) is 0 Å². The molecule has 0 amide bonds. The molecule has 0 spiro atoms. The van der Waals surface area contributed by atoms with Crippen LogP contribution in [0, 0.1) is 0 Å². The fourth-order valence-corrected chi connectivity index (χ4v) is 0.756. The fraction of sp³-hybridized carbons (Fsp3) is 0.833. The molecule has 0 saturated heterocycles. The summed E-state index contributed by atoms with van der Waals surface area (Å²) in [6.07, 6.45) is 4.60. The Labute approximate surface area is 52.8 Å². The Bertz CT molecular complexity index is 78.6. The van der Waals surface area contributed by atoms with Gasteiger partial charge in [-0.05, 0) is 0 Å². The molecule has 0 bridgehead atoms. The summed E-state index contributed by atoms with van der Waals surface area (Å²) >= 11 is 0. The molecule has 0 unspecified atom stereocenters. The first-order valence-corrected chi connectivity index (χ1v) is 3.34. The highest BCUT2D eigenvalue weighted by Gasteiger charge is 1.87. The Kier molecular flexibility index (Phi) is 4.72. The van der Waals surface area contributed by atoms with Gasteiger partial charge in [0.15, 0.2) is 0 Å². The molecule has 8 heavy (non-hydrogen) atoms. The smallest absolute Gasteiger partial charge is 0.331 e. The van der Waals surface area contributed by atoms with Crippen molar-refractivity contribution in [3.05, 3.63) is 0 Å². The third-order valence-corrected chi connectivity index (χ3v) is 1.07. The van der Waals surface area contributed by atoms with E-state index in [4.69, 9.17) is 0 Å². The molecular formula is C6H15BN+. The lowest BCUT2D eigenvalue weighted by atomic mass is 10.3. The Morgan fingerprint density at radius 3 is 2.50 bits per heavy atom. The maximum absolute atomic E-state index is 2.24. The van der Waals surface area contributed by atoms with Crippen LogP contribution < -0.4 is 0 Å². The molecule has 0 aliphatic carbocycles. The van der Waals surface area contributed by atoms with Crippen molar-refractivity contribution >= 4 is 14.2 Å². The third kappa shape index (κ3) is 3.91. The molecule has 0 atom stereocenters. The number of hydrogen-bond acceptors (Lipinski definition) is 0. The number of nitrogens with zero attached hydrogens (tertiary/aromatic N) is 1. The van der Waals surface area contributed by atoms with Crippen molar-refractivity contribution in [2.75, 3.05) is 6.54 Å². The highest BCUT2D eigenvalue weighted by molar-refractivity contribution is 5.97. The Balaban J connectivity index is 3.29. The molecule has 2 heteroatoms. The third-order valence-electron chi connectivity index (χ3n) is 1.07. The van der Waals surface area contributed by atoms with Gasteiger partial charge in [0.25, 0.3) is 0 Å². The standard InChI is InChI=1S/C6H15BN/c1-3-5-8(7)6-4-2/h5H,3-4,6-7H2,1-2H3/q+1/b8-5+. The van der Waals surface area contributed by atoms with E-state index in [1.165, 1.54) is 13.0 Å². The van der Waals surface area contributed by atoms with Gasteiger partial charge in [-0.1, -0.05) is 13.8 Å². The largest absolute Gasteiger partial charge is 0.450 e. The van der Waals surface area contributed by atoms with Crippen molar-refractivity contribution in [1.82, 2.24) is 0 Å². The summed E-state index contributed by atoms with van der Waals surface area (Å²) in [6, 6.07) is 0. The van der Waals surface area contributed by atoms with Gasteiger partial charge < -0.3 is 4.49 Å². The predicted molar refractivity (Wildman–Crippen MR) is 40.3 cm³/mol. The summed E-state index contributed by atoms with van der Waals surface area (Å²) < 4.78 is 2.24. The van der Waals surface area contributed by atoms with Gasteiger partial charge >= 0.3 is 7.98 Å². The minimum atomic E-state index is 1.15. The second kappa shape index (κ2) is 4.88. The van der Waals surface area contributed by atoms with Crippen LogP contribution >= 0.6 is 0 Å². The quantitative estimate of drug-likeness (QED) is 0.368. The summed E-state index contributed by atoms with van der Waals surface area (Å²) in [4.78, 5) is 0. The van der Waals surface area contributed by atoms with Crippen LogP contribution in [0.25, 0.3) is 0 Å². The molecule has 0 aliphatic heterocycles. The van der Waals surface area contributed by atoms with Crippen LogP contribution in [0.1, 0.15) is 26.7 Å². The molecule has 0 radical (unpaired) electrons. The van der Waals surface area contributed by atoms with Crippen LogP contribution in [0.15, 0.2) is 0 Å². The zero-order chi connectivity index (χ0) is 6.41. The molecule has 1 nitrogen and oxygen atoms in total. The molecule has 0 aromatic heterocycles. The van der Waals surface area contributed by atoms with E-state index in [2.05, 4.69) is 32.5 Å². The van der Waals surface area contributed by atoms with Crippen LogP contribution in [0.3, 0.4) is 0 Å². The summed E-state index contributed by atoms with van der Waals surface area (Å²) in [7, 11) is 2.12. The van der Waals surface area contributed by atoms with E-state index in [0.717, 1.165) is 6.42 Å². The molecule has 0 N–H and O–H groups in total. The first kappa shape index (κ1) is 7.73. The molecule has 0 heterocycles. The maximum atomic E-state index is 2.24. The minimum absolute atomic E-state index is 1.15. The summed E-state index contributed by atoms with van der Waals surface area (Å²) in [6.45, 7) is 5.54. The van der Waals surface area contributed by atoms with Crippen molar-refractivity contribution in [2.45, 2.75) is 26.7 Å². The van der Waals surface area contributed by atoms with Gasteiger partial charge in [-0.3, -0.25) is 0 Å². The molecular weight excluding hydrogens is 96.9 g/mol. The monoisotopic (exact) mass is 112 g/mol. The SMILES string of the molecule is B/[N+](=C/CC)CCC. The number of hydrogen-bond donors (Lipinski definition) is 0. The van der Waals surface area contributed by atoms with E-state index in [0.29, 0.717) is 0 Å². The lowest BCUT2D eigenvalue weighted by molar-refractivity contribution is -0.370. The average molecular weight is 112 g/mol. The predicted octanol–water partition coefficient (Wildman–Crippen LogP) is 0.438. The topological polar surface area (TPSA) is 3.01 Å². The van der Waals surface area contributed by atoms with Crippen molar-refractivity contribution in [3.63, 3.8) is 0 Å². The maximum Gasteiger partial charge on any atom is 0.450 e. The Morgan fingerprint density at radius 1 is 1.50 bits per heavy atom. The van der Waals surface area contributed by atoms with Gasteiger partial charge in [0.2, 0.25) is 0 Å². The van der Waals surface area contributed by atoms with Gasteiger partial charge in [-0.25, -0.2) is 0 Å². The van der Waals surface area contributed by atoms with Crippen LogP contribution in [0.5, 0.6) is 0 Å². The molecule has 0 aromatic carbocycles. The summed E-state index contributed by atoms with van der Waals surface area (Å²) in [5, 5.41) is 0. The van der Waals surface area contributed by atoms with Gasteiger partial charge in [0.1, 0.15) is 12.8 Å². The Hall–Kier alpha value is -0.265. The first-order valence-electron chi connectivity index (χ1n) is 3.34. The van der Waals surface area contributed by atoms with E-state index in [1.807, 2.05) is 0 Å². The van der Waals surface area contributed by atoms with Gasteiger partial charge in [0, 0.05) is 12.8 Å². The molecule has 46 valence electrons. The summed E-state index contributed by atoms with van der Waals surface area (Å²) in [5.41, 5.74) is 0. The minimum Gasteiger partial charge on any atom is -0.331 e. The first-order chi connectivity index (χ1) is 3.81. The Morgan fingerprint density at radius 2 is 2.12 bits per heavy atom. The number of rotatable bonds is 3. The van der Waals surface area contributed by atoms with Gasteiger partial charge in [0.05, 0.1) is 0 Å². The zero-order valence-electron chi connectivity index (χ0n) is 6.15. The normalized spacial score (nSPS) is 12.0. The lowest BCUT2D eigenvalue weighted by Crippen LogP contribution is -2.08. The molecule has 0 aliphatic rings.